The van der Waals surface area contributed by atoms with Crippen LogP contribution in [-0.2, 0) is 12.4 Å². The molecular formula is C45H23F6N7. The summed E-state index contributed by atoms with van der Waals surface area (Å²) in [6.07, 6.45) is -8.89. The van der Waals surface area contributed by atoms with Gasteiger partial charge >= 0.3 is 12.4 Å². The van der Waals surface area contributed by atoms with Crippen LogP contribution < -0.4 is 5.32 Å². The first-order valence-corrected chi connectivity index (χ1v) is 17.7. The quantitative estimate of drug-likeness (QED) is 0.124. The van der Waals surface area contributed by atoms with Crippen LogP contribution in [-0.4, -0.2) is 18.3 Å². The summed E-state index contributed by atoms with van der Waals surface area (Å²) in [5, 5.41) is 52.7. The van der Waals surface area contributed by atoms with Gasteiger partial charge in [-0.25, -0.2) is 4.99 Å². The van der Waals surface area contributed by atoms with E-state index >= 15 is 0 Å². The van der Waals surface area contributed by atoms with E-state index in [9.17, 15) is 52.7 Å². The van der Waals surface area contributed by atoms with E-state index in [2.05, 4.69) is 11.4 Å². The highest BCUT2D eigenvalue weighted by Gasteiger charge is 2.41. The fraction of sp³-hybridized carbons (Fsp3) is 0.156. The van der Waals surface area contributed by atoms with Gasteiger partial charge in [-0.2, -0.15) is 52.7 Å². The number of benzene rings is 4. The fourth-order valence-electron chi connectivity index (χ4n) is 8.00. The van der Waals surface area contributed by atoms with E-state index in [1.165, 1.54) is 36.4 Å². The molecule has 8 rings (SSSR count). The Bertz CT molecular complexity index is 2920. The lowest BCUT2D eigenvalue weighted by molar-refractivity contribution is -0.137. The van der Waals surface area contributed by atoms with Gasteiger partial charge in [0, 0.05) is 28.8 Å². The average Bonchev–Trinajstić information content (AvgIpc) is 3.94. The summed E-state index contributed by atoms with van der Waals surface area (Å²) >= 11 is 0. The molecule has 1 atom stereocenters. The fourth-order valence-corrected chi connectivity index (χ4v) is 8.00. The van der Waals surface area contributed by atoms with Crippen LogP contribution in [0.4, 0.5) is 26.3 Å². The molecule has 0 bridgehead atoms. The Morgan fingerprint density at radius 2 is 1.16 bits per heavy atom. The molecule has 1 N–H and O–H groups in total. The van der Waals surface area contributed by atoms with E-state index in [1.807, 2.05) is 19.1 Å². The molecule has 4 aromatic carbocycles. The van der Waals surface area contributed by atoms with Gasteiger partial charge in [-0.05, 0) is 101 Å². The number of nitrogens with one attached hydrogen (secondary N) is 1. The lowest BCUT2D eigenvalue weighted by Crippen LogP contribution is -2.08. The Balaban J connectivity index is 1.37. The second kappa shape index (κ2) is 13.6. The molecule has 0 aromatic heterocycles. The van der Waals surface area contributed by atoms with Gasteiger partial charge in [-0.3, -0.25) is 0 Å². The minimum atomic E-state index is -4.82. The van der Waals surface area contributed by atoms with Gasteiger partial charge in [0.2, 0.25) is 0 Å². The molecule has 1 unspecified atom stereocenters. The summed E-state index contributed by atoms with van der Waals surface area (Å²) in [5.74, 6) is 0. The van der Waals surface area contributed by atoms with Gasteiger partial charge in [-0.15, -0.1) is 0 Å². The SMILES string of the molecule is C/C1=C2/C(=C(C#N)C#N)c3cc(-c4ccc(C#N)cc4C(F)(F)F)ccc3/C2=N/C2=C(CC1)c1ccc(-c3ccc(C#N)cc3C(F)(F)F)cc1/C2=C(\C#N)C1CN1. The number of fused-ring (bicyclic) bond motifs is 5. The molecule has 13 heteroatoms. The van der Waals surface area contributed by atoms with Crippen molar-refractivity contribution in [2.75, 3.05) is 6.54 Å². The molecule has 280 valence electrons. The van der Waals surface area contributed by atoms with Crippen LogP contribution in [0.5, 0.6) is 0 Å². The van der Waals surface area contributed by atoms with Crippen LogP contribution in [0.2, 0.25) is 0 Å². The highest BCUT2D eigenvalue weighted by Crippen LogP contribution is 2.53. The molecule has 1 fully saturated rings. The highest BCUT2D eigenvalue weighted by molar-refractivity contribution is 6.31. The molecule has 0 radical (unpaired) electrons. The maximum absolute atomic E-state index is 14.4. The van der Waals surface area contributed by atoms with Crippen LogP contribution in [0.1, 0.15) is 64.3 Å². The predicted octanol–water partition coefficient (Wildman–Crippen LogP) is 10.2. The lowest BCUT2D eigenvalue weighted by Gasteiger charge is -2.16. The van der Waals surface area contributed by atoms with E-state index in [1.54, 1.807) is 36.4 Å². The zero-order valence-electron chi connectivity index (χ0n) is 30.1. The van der Waals surface area contributed by atoms with Gasteiger partial charge in [0.25, 0.3) is 0 Å². The van der Waals surface area contributed by atoms with Crippen molar-refractivity contribution in [2.45, 2.75) is 38.2 Å². The minimum absolute atomic E-state index is 0.116. The molecule has 7 nitrogen and oxygen atoms in total. The van der Waals surface area contributed by atoms with E-state index in [4.69, 9.17) is 4.99 Å². The van der Waals surface area contributed by atoms with Crippen LogP contribution in [0.3, 0.4) is 0 Å². The number of aliphatic imine (C=N–C) groups is 1. The van der Waals surface area contributed by atoms with Crippen molar-refractivity contribution in [3.63, 3.8) is 0 Å². The Kier molecular flexibility index (Phi) is 8.78. The van der Waals surface area contributed by atoms with Crippen molar-refractivity contribution in [1.82, 2.24) is 5.32 Å². The lowest BCUT2D eigenvalue weighted by atomic mass is 9.90. The summed E-state index contributed by atoms with van der Waals surface area (Å²) in [5.41, 5.74) is 2.61. The third kappa shape index (κ3) is 6.05. The van der Waals surface area contributed by atoms with E-state index < -0.39 is 23.5 Å². The molecule has 2 heterocycles. The minimum Gasteiger partial charge on any atom is -0.306 e. The van der Waals surface area contributed by atoms with Crippen LogP contribution in [0.25, 0.3) is 39.0 Å². The Morgan fingerprint density at radius 1 is 0.638 bits per heavy atom. The van der Waals surface area contributed by atoms with Gasteiger partial charge in [-0.1, -0.05) is 42.0 Å². The standard InChI is InChI=1S/C45H23F6N7/c1-22-2-7-31-30-10-5-25(28-8-3-23(16-52)12-36(28)44(46,47)48)14-33(30)41(35(20-56)38-21-57-38)43(31)58-42-32-11-6-26(15-34(32)40(39(22)42)27(18-54)19-55)29-9-4-24(17-53)13-37(29)45(49,50)51/h3-6,8-15,38,57H,2,7,21H2,1H3/b39-22+,41-35-,58-42-. The normalized spacial score (nSPS) is 19.7. The Morgan fingerprint density at radius 3 is 1.64 bits per heavy atom. The van der Waals surface area contributed by atoms with Gasteiger partial charge in [0.15, 0.2) is 0 Å². The number of hydrogen-bond donors (Lipinski definition) is 1. The zero-order chi connectivity index (χ0) is 41.3. The van der Waals surface area contributed by atoms with Gasteiger partial charge < -0.3 is 5.32 Å². The van der Waals surface area contributed by atoms with E-state index in [-0.39, 0.29) is 50.6 Å². The first-order valence-electron chi connectivity index (χ1n) is 17.7. The number of rotatable bonds is 3. The Hall–Kier alpha value is -7.50. The van der Waals surface area contributed by atoms with Crippen LogP contribution in [0, 0.1) is 56.7 Å². The molecule has 2 aliphatic carbocycles. The third-order valence-electron chi connectivity index (χ3n) is 10.7. The number of halogens is 6. The molecule has 0 saturated carbocycles. The van der Waals surface area contributed by atoms with Crippen molar-refractivity contribution >= 4 is 22.4 Å². The molecule has 58 heavy (non-hydrogen) atoms. The molecule has 4 aromatic rings. The van der Waals surface area contributed by atoms with Crippen LogP contribution in [0.15, 0.2) is 106 Å². The summed E-state index contributed by atoms with van der Waals surface area (Å²) in [7, 11) is 0. The average molecular weight is 776 g/mol. The molecule has 0 spiro atoms. The first-order chi connectivity index (χ1) is 27.7. The molecular weight excluding hydrogens is 753 g/mol. The smallest absolute Gasteiger partial charge is 0.306 e. The molecule has 0 amide bonds. The number of nitrogens with zero attached hydrogens (tertiary/aromatic N) is 6. The van der Waals surface area contributed by atoms with Crippen molar-refractivity contribution in [3.8, 4) is 52.6 Å². The monoisotopic (exact) mass is 775 g/mol. The van der Waals surface area contributed by atoms with Crippen molar-refractivity contribution < 1.29 is 26.3 Å². The van der Waals surface area contributed by atoms with E-state index in [0.29, 0.717) is 69.8 Å². The van der Waals surface area contributed by atoms with Gasteiger partial charge in [0.1, 0.15) is 17.7 Å². The summed E-state index contributed by atoms with van der Waals surface area (Å²) in [6.45, 7) is 2.28. The van der Waals surface area contributed by atoms with Crippen molar-refractivity contribution in [1.29, 1.82) is 26.3 Å². The van der Waals surface area contributed by atoms with E-state index in [0.717, 1.165) is 23.3 Å². The summed E-state index contributed by atoms with van der Waals surface area (Å²) < 4.78 is 86.1. The first kappa shape index (κ1) is 37.4. The summed E-state index contributed by atoms with van der Waals surface area (Å²) in [6, 6.07) is 25.2. The highest BCUT2D eigenvalue weighted by atomic mass is 19.4. The number of hydrogen-bond acceptors (Lipinski definition) is 7. The molecule has 4 aliphatic rings. The second-order valence-corrected chi connectivity index (χ2v) is 14.0. The van der Waals surface area contributed by atoms with Crippen molar-refractivity contribution in [3.05, 3.63) is 145 Å². The maximum atomic E-state index is 14.4. The Labute approximate surface area is 327 Å². The number of nitriles is 5. The zero-order valence-corrected chi connectivity index (χ0v) is 30.1. The third-order valence-corrected chi connectivity index (χ3v) is 10.7. The maximum Gasteiger partial charge on any atom is 0.417 e. The molecule has 2 aliphatic heterocycles. The van der Waals surface area contributed by atoms with Crippen LogP contribution >= 0.6 is 0 Å². The van der Waals surface area contributed by atoms with Crippen molar-refractivity contribution in [2.24, 2.45) is 4.99 Å². The summed E-state index contributed by atoms with van der Waals surface area (Å²) in [4.78, 5) is 5.21. The molecule has 1 saturated heterocycles. The van der Waals surface area contributed by atoms with Gasteiger partial charge in [0.05, 0.1) is 63.5 Å². The number of alkyl halides is 6. The number of allylic oxidation sites excluding steroid dienone is 6. The topological polar surface area (TPSA) is 153 Å². The second-order valence-electron chi connectivity index (χ2n) is 14.0. The predicted molar refractivity (Wildman–Crippen MR) is 201 cm³/mol. The largest absolute Gasteiger partial charge is 0.417 e.